The van der Waals surface area contributed by atoms with E-state index < -0.39 is 4.92 Å². The van der Waals surface area contributed by atoms with Crippen LogP contribution in [0.1, 0.15) is 24.8 Å². The molecule has 1 amide bonds. The molecule has 1 aliphatic heterocycles. The number of anilines is 1. The Morgan fingerprint density at radius 1 is 1.43 bits per heavy atom. The number of nitro benzene ring substituents is 1. The van der Waals surface area contributed by atoms with Crippen molar-refractivity contribution < 1.29 is 9.72 Å². The number of halogens is 1. The fourth-order valence-electron chi connectivity index (χ4n) is 2.51. The predicted octanol–water partition coefficient (Wildman–Crippen LogP) is 2.65. The van der Waals surface area contributed by atoms with Crippen molar-refractivity contribution in [2.45, 2.75) is 26.2 Å². The summed E-state index contributed by atoms with van der Waals surface area (Å²) in [6.07, 6.45) is 2.48. The van der Waals surface area contributed by atoms with Crippen molar-refractivity contribution in [2.75, 3.05) is 18.4 Å². The Morgan fingerprint density at radius 3 is 2.71 bits per heavy atom. The van der Waals surface area contributed by atoms with Crippen LogP contribution in [-0.4, -0.2) is 23.9 Å². The zero-order chi connectivity index (χ0) is 14.5. The van der Waals surface area contributed by atoms with Crippen LogP contribution in [0.15, 0.2) is 18.2 Å². The normalized spacial score (nSPS) is 15.1. The highest BCUT2D eigenvalue weighted by molar-refractivity contribution is 5.92. The molecule has 0 bridgehead atoms. The average Bonchev–Trinajstić information content (AvgIpc) is 2.42. The number of carbonyl (C=O) groups is 1. The highest BCUT2D eigenvalue weighted by Crippen LogP contribution is 2.25. The van der Waals surface area contributed by atoms with Crippen LogP contribution in [0.25, 0.3) is 0 Å². The van der Waals surface area contributed by atoms with Crippen LogP contribution in [0.5, 0.6) is 0 Å². The van der Waals surface area contributed by atoms with Crippen LogP contribution in [-0.2, 0) is 4.79 Å². The lowest BCUT2D eigenvalue weighted by molar-refractivity contribution is -0.385. The van der Waals surface area contributed by atoms with E-state index in [1.54, 1.807) is 19.1 Å². The molecule has 1 fully saturated rings. The van der Waals surface area contributed by atoms with Gasteiger partial charge in [0.15, 0.2) is 0 Å². The first kappa shape index (κ1) is 17.4. The Bertz CT molecular complexity index is 516. The average molecular weight is 314 g/mol. The van der Waals surface area contributed by atoms with E-state index in [2.05, 4.69) is 10.6 Å². The molecule has 2 rings (SSSR count). The van der Waals surface area contributed by atoms with Gasteiger partial charge in [-0.05, 0) is 44.8 Å². The highest BCUT2D eigenvalue weighted by atomic mass is 35.5. The molecular formula is C14H20ClN3O3. The largest absolute Gasteiger partial charge is 0.326 e. The van der Waals surface area contributed by atoms with Crippen molar-refractivity contribution in [1.29, 1.82) is 0 Å². The maximum atomic E-state index is 12.0. The van der Waals surface area contributed by atoms with E-state index in [-0.39, 0.29) is 24.0 Å². The van der Waals surface area contributed by atoms with Crippen LogP contribution in [0, 0.1) is 23.0 Å². The summed E-state index contributed by atoms with van der Waals surface area (Å²) in [7, 11) is 0. The first-order valence-electron chi connectivity index (χ1n) is 6.82. The number of nitrogens with zero attached hydrogens (tertiary/aromatic N) is 1. The van der Waals surface area contributed by atoms with Crippen LogP contribution < -0.4 is 10.6 Å². The Kier molecular flexibility index (Phi) is 6.58. The number of amides is 1. The second-order valence-electron chi connectivity index (χ2n) is 5.15. The van der Waals surface area contributed by atoms with Gasteiger partial charge in [-0.15, -0.1) is 12.4 Å². The van der Waals surface area contributed by atoms with Crippen LogP contribution >= 0.6 is 12.4 Å². The fourth-order valence-corrected chi connectivity index (χ4v) is 2.51. The van der Waals surface area contributed by atoms with Gasteiger partial charge in [-0.1, -0.05) is 6.07 Å². The van der Waals surface area contributed by atoms with E-state index in [4.69, 9.17) is 0 Å². The molecule has 7 heteroatoms. The molecule has 1 heterocycles. The van der Waals surface area contributed by atoms with Gasteiger partial charge >= 0.3 is 0 Å². The highest BCUT2D eigenvalue weighted by Gasteiger charge is 2.19. The smallest absolute Gasteiger partial charge is 0.274 e. The summed E-state index contributed by atoms with van der Waals surface area (Å²) >= 11 is 0. The molecule has 0 unspecified atom stereocenters. The van der Waals surface area contributed by atoms with Crippen LogP contribution in [0.3, 0.4) is 0 Å². The molecule has 0 radical (unpaired) electrons. The van der Waals surface area contributed by atoms with Crippen molar-refractivity contribution in [1.82, 2.24) is 5.32 Å². The van der Waals surface area contributed by atoms with Crippen molar-refractivity contribution in [2.24, 2.45) is 5.92 Å². The summed E-state index contributed by atoms with van der Waals surface area (Å²) in [6.45, 7) is 3.56. The first-order chi connectivity index (χ1) is 9.58. The summed E-state index contributed by atoms with van der Waals surface area (Å²) in [5.41, 5.74) is 1.05. The molecule has 1 saturated heterocycles. The number of hydrogen-bond donors (Lipinski definition) is 2. The van der Waals surface area contributed by atoms with Gasteiger partial charge in [-0.25, -0.2) is 0 Å². The van der Waals surface area contributed by atoms with Gasteiger partial charge in [0.2, 0.25) is 5.91 Å². The number of nitro groups is 1. The third-order valence-corrected chi connectivity index (χ3v) is 3.71. The molecule has 6 nitrogen and oxygen atoms in total. The van der Waals surface area contributed by atoms with Gasteiger partial charge in [-0.2, -0.15) is 0 Å². The van der Waals surface area contributed by atoms with E-state index in [0.29, 0.717) is 23.6 Å². The Labute approximate surface area is 129 Å². The quantitative estimate of drug-likeness (QED) is 0.661. The molecule has 1 aromatic rings. The van der Waals surface area contributed by atoms with E-state index in [1.807, 2.05) is 0 Å². The lowest BCUT2D eigenvalue weighted by Gasteiger charge is -2.22. The van der Waals surface area contributed by atoms with E-state index in [9.17, 15) is 14.9 Å². The Balaban J connectivity index is 0.00000220. The summed E-state index contributed by atoms with van der Waals surface area (Å²) < 4.78 is 0. The number of benzene rings is 1. The van der Waals surface area contributed by atoms with Gasteiger partial charge in [-0.3, -0.25) is 14.9 Å². The van der Waals surface area contributed by atoms with E-state index >= 15 is 0 Å². The minimum absolute atomic E-state index is 0. The van der Waals surface area contributed by atoms with Gasteiger partial charge in [0, 0.05) is 12.5 Å². The third kappa shape index (κ3) is 4.68. The van der Waals surface area contributed by atoms with Gasteiger partial charge < -0.3 is 10.6 Å². The number of piperidine rings is 1. The van der Waals surface area contributed by atoms with Crippen molar-refractivity contribution in [3.8, 4) is 0 Å². The van der Waals surface area contributed by atoms with Crippen molar-refractivity contribution in [3.05, 3.63) is 33.9 Å². The summed E-state index contributed by atoms with van der Waals surface area (Å²) in [5, 5.41) is 16.9. The molecule has 116 valence electrons. The zero-order valence-corrected chi connectivity index (χ0v) is 12.7. The van der Waals surface area contributed by atoms with Crippen LogP contribution in [0.2, 0.25) is 0 Å². The molecule has 2 N–H and O–H groups in total. The van der Waals surface area contributed by atoms with Crippen molar-refractivity contribution in [3.63, 3.8) is 0 Å². The lowest BCUT2D eigenvalue weighted by atomic mass is 9.94. The number of nitrogens with one attached hydrogen (secondary N) is 2. The second kappa shape index (κ2) is 7.95. The minimum atomic E-state index is -0.433. The molecule has 21 heavy (non-hydrogen) atoms. The maximum absolute atomic E-state index is 12.0. The Morgan fingerprint density at radius 2 is 2.10 bits per heavy atom. The van der Waals surface area contributed by atoms with Gasteiger partial charge in [0.05, 0.1) is 16.2 Å². The number of carbonyl (C=O) groups excluding carboxylic acids is 1. The maximum Gasteiger partial charge on any atom is 0.274 e. The predicted molar refractivity (Wildman–Crippen MR) is 83.9 cm³/mol. The summed E-state index contributed by atoms with van der Waals surface area (Å²) in [4.78, 5) is 22.4. The molecule has 0 aliphatic carbocycles. The molecule has 0 atom stereocenters. The standard InChI is InChI=1S/C14H19N3O3.ClH/c1-10-12(3-2-4-13(10)17(19)20)16-14(18)9-11-5-7-15-8-6-11;/h2-4,11,15H,5-9H2,1H3,(H,16,18);1H. The molecule has 1 aromatic carbocycles. The Hall–Kier alpha value is -1.66. The first-order valence-corrected chi connectivity index (χ1v) is 6.82. The molecule has 0 saturated carbocycles. The summed E-state index contributed by atoms with van der Waals surface area (Å²) in [5.74, 6) is 0.329. The minimum Gasteiger partial charge on any atom is -0.326 e. The lowest BCUT2D eigenvalue weighted by Crippen LogP contribution is -2.30. The summed E-state index contributed by atoms with van der Waals surface area (Å²) in [6, 6.07) is 4.73. The van der Waals surface area contributed by atoms with Gasteiger partial charge in [0.25, 0.3) is 5.69 Å². The van der Waals surface area contributed by atoms with Crippen LogP contribution in [0.4, 0.5) is 11.4 Å². The number of rotatable bonds is 4. The van der Waals surface area contributed by atoms with Crippen molar-refractivity contribution >= 4 is 29.7 Å². The fraction of sp³-hybridized carbons (Fsp3) is 0.500. The molecule has 0 spiro atoms. The van der Waals surface area contributed by atoms with E-state index in [0.717, 1.165) is 25.9 Å². The van der Waals surface area contributed by atoms with E-state index in [1.165, 1.54) is 6.07 Å². The molecular weight excluding hydrogens is 294 g/mol. The second-order valence-corrected chi connectivity index (χ2v) is 5.15. The molecule has 1 aliphatic rings. The monoisotopic (exact) mass is 313 g/mol. The topological polar surface area (TPSA) is 84.3 Å². The van der Waals surface area contributed by atoms with Gasteiger partial charge in [0.1, 0.15) is 0 Å². The SMILES string of the molecule is Cc1c(NC(=O)CC2CCNCC2)cccc1[N+](=O)[O-].Cl. The zero-order valence-electron chi connectivity index (χ0n) is 11.9. The third-order valence-electron chi connectivity index (χ3n) is 3.71. The number of hydrogen-bond acceptors (Lipinski definition) is 4. The molecule has 0 aromatic heterocycles.